The van der Waals surface area contributed by atoms with Gasteiger partial charge in [-0.2, -0.15) is 0 Å². The Labute approximate surface area is 193 Å². The lowest BCUT2D eigenvalue weighted by Gasteiger charge is -2.32. The first kappa shape index (κ1) is 23.1. The monoisotopic (exact) mass is 472 g/mol. The number of anilines is 1. The molecule has 9 nitrogen and oxygen atoms in total. The SMILES string of the molecule is COc1ccc(C(=O)NC2CCN(C(=O)Nc3ccccc3)CC2)cc1S(=O)(=O)NC1CC1. The summed E-state index contributed by atoms with van der Waals surface area (Å²) in [6.45, 7) is 1.02. The summed E-state index contributed by atoms with van der Waals surface area (Å²) in [6, 6.07) is 13.3. The molecule has 0 radical (unpaired) electrons. The van der Waals surface area contributed by atoms with Gasteiger partial charge in [0.15, 0.2) is 0 Å². The molecule has 1 saturated carbocycles. The number of methoxy groups -OCH3 is 1. The summed E-state index contributed by atoms with van der Waals surface area (Å²) < 4.78 is 33.2. The third-order valence-electron chi connectivity index (χ3n) is 5.76. The summed E-state index contributed by atoms with van der Waals surface area (Å²) in [5.74, 6) is -0.162. The lowest BCUT2D eigenvalue weighted by molar-refractivity contribution is 0.0919. The number of carbonyl (C=O) groups excluding carboxylic acids is 2. The minimum absolute atomic E-state index is 0.0445. The fraction of sp³-hybridized carbons (Fsp3) is 0.391. The van der Waals surface area contributed by atoms with Crippen molar-refractivity contribution in [1.29, 1.82) is 0 Å². The van der Waals surface area contributed by atoms with E-state index in [9.17, 15) is 18.0 Å². The smallest absolute Gasteiger partial charge is 0.321 e. The summed E-state index contributed by atoms with van der Waals surface area (Å²) >= 11 is 0. The second-order valence-corrected chi connectivity index (χ2v) is 9.97. The standard InChI is InChI=1S/C23H28N4O5S/c1-32-20-10-7-16(15-21(20)33(30,31)26-19-8-9-19)22(28)24-18-11-13-27(14-12-18)23(29)25-17-5-3-2-4-6-17/h2-7,10,15,18-19,26H,8-9,11-14H2,1H3,(H,24,28)(H,25,29). The van der Waals surface area contributed by atoms with E-state index >= 15 is 0 Å². The summed E-state index contributed by atoms with van der Waals surface area (Å²) in [4.78, 5) is 26.9. The van der Waals surface area contributed by atoms with Gasteiger partial charge in [-0.15, -0.1) is 0 Å². The van der Waals surface area contributed by atoms with Gasteiger partial charge < -0.3 is 20.3 Å². The zero-order valence-electron chi connectivity index (χ0n) is 18.4. The van der Waals surface area contributed by atoms with E-state index in [-0.39, 0.29) is 40.2 Å². The quantitative estimate of drug-likeness (QED) is 0.573. The van der Waals surface area contributed by atoms with Gasteiger partial charge in [-0.25, -0.2) is 17.9 Å². The van der Waals surface area contributed by atoms with Gasteiger partial charge in [-0.05, 0) is 56.0 Å². The van der Waals surface area contributed by atoms with Crippen molar-refractivity contribution in [2.75, 3.05) is 25.5 Å². The molecule has 0 atom stereocenters. The molecule has 3 amide bonds. The van der Waals surface area contributed by atoms with Gasteiger partial charge in [-0.1, -0.05) is 18.2 Å². The number of ether oxygens (including phenoxy) is 1. The van der Waals surface area contributed by atoms with Crippen molar-refractivity contribution < 1.29 is 22.7 Å². The van der Waals surface area contributed by atoms with Crippen molar-refractivity contribution in [2.45, 2.75) is 42.7 Å². The fourth-order valence-corrected chi connectivity index (χ4v) is 5.23. The van der Waals surface area contributed by atoms with Gasteiger partial charge in [0.2, 0.25) is 10.0 Å². The normalized spacial score (nSPS) is 16.8. The number of hydrogen-bond donors (Lipinski definition) is 3. The summed E-state index contributed by atoms with van der Waals surface area (Å²) in [5.41, 5.74) is 0.982. The maximum atomic E-state index is 12.8. The molecule has 1 heterocycles. The first-order chi connectivity index (χ1) is 15.9. The average molecular weight is 473 g/mol. The Bertz CT molecular complexity index is 1110. The molecule has 1 saturated heterocycles. The zero-order valence-corrected chi connectivity index (χ0v) is 19.2. The number of likely N-dealkylation sites (tertiary alicyclic amines) is 1. The number of amides is 3. The maximum Gasteiger partial charge on any atom is 0.321 e. The molecular weight excluding hydrogens is 444 g/mol. The van der Waals surface area contributed by atoms with Gasteiger partial charge in [0.1, 0.15) is 10.6 Å². The summed E-state index contributed by atoms with van der Waals surface area (Å²) in [5, 5.41) is 5.83. The van der Waals surface area contributed by atoms with Gasteiger partial charge >= 0.3 is 6.03 Å². The topological polar surface area (TPSA) is 117 Å². The van der Waals surface area contributed by atoms with E-state index < -0.39 is 10.0 Å². The maximum absolute atomic E-state index is 12.8. The molecule has 0 bridgehead atoms. The largest absolute Gasteiger partial charge is 0.495 e. The van der Waals surface area contributed by atoms with Crippen molar-refractivity contribution in [3.05, 3.63) is 54.1 Å². The number of urea groups is 1. The van der Waals surface area contributed by atoms with Crippen LogP contribution < -0.4 is 20.1 Å². The molecule has 1 aliphatic carbocycles. The molecule has 2 aromatic carbocycles. The Morgan fingerprint density at radius 1 is 0.970 bits per heavy atom. The van der Waals surface area contributed by atoms with Crippen molar-refractivity contribution in [3.63, 3.8) is 0 Å². The number of nitrogens with zero attached hydrogens (tertiary/aromatic N) is 1. The second-order valence-electron chi connectivity index (χ2n) is 8.29. The van der Waals surface area contributed by atoms with Gasteiger partial charge in [-0.3, -0.25) is 4.79 Å². The predicted octanol–water partition coefficient (Wildman–Crippen LogP) is 2.56. The molecule has 1 aliphatic heterocycles. The van der Waals surface area contributed by atoms with E-state index in [1.54, 1.807) is 11.0 Å². The minimum Gasteiger partial charge on any atom is -0.495 e. The van der Waals surface area contributed by atoms with Gasteiger partial charge in [0.05, 0.1) is 7.11 Å². The Kier molecular flexibility index (Phi) is 6.85. The number of para-hydroxylation sites is 1. The van der Waals surface area contributed by atoms with Gasteiger partial charge in [0.25, 0.3) is 5.91 Å². The lowest BCUT2D eigenvalue weighted by atomic mass is 10.0. The third-order valence-corrected chi connectivity index (χ3v) is 7.30. The molecule has 3 N–H and O–H groups in total. The van der Waals surface area contributed by atoms with Crippen LogP contribution in [0.3, 0.4) is 0 Å². The molecule has 2 fully saturated rings. The van der Waals surface area contributed by atoms with Crippen molar-refractivity contribution >= 4 is 27.6 Å². The Hall–Kier alpha value is -3.11. The zero-order chi connectivity index (χ0) is 23.4. The second kappa shape index (κ2) is 9.80. The highest BCUT2D eigenvalue weighted by molar-refractivity contribution is 7.89. The Morgan fingerprint density at radius 3 is 2.30 bits per heavy atom. The molecule has 2 aliphatic rings. The lowest BCUT2D eigenvalue weighted by Crippen LogP contribution is -2.47. The Balaban J connectivity index is 1.35. The molecule has 0 unspecified atom stereocenters. The highest BCUT2D eigenvalue weighted by Crippen LogP contribution is 2.28. The Morgan fingerprint density at radius 2 is 1.67 bits per heavy atom. The number of benzene rings is 2. The van der Waals surface area contributed by atoms with Crippen LogP contribution in [0.4, 0.5) is 10.5 Å². The molecule has 0 spiro atoms. The first-order valence-corrected chi connectivity index (χ1v) is 12.5. The van der Waals surface area contributed by atoms with Crippen LogP contribution in [0.1, 0.15) is 36.0 Å². The number of piperidine rings is 1. The minimum atomic E-state index is -3.78. The van der Waals surface area contributed by atoms with E-state index in [0.29, 0.717) is 25.9 Å². The van der Waals surface area contributed by atoms with E-state index in [1.165, 1.54) is 19.2 Å². The van der Waals surface area contributed by atoms with E-state index in [2.05, 4.69) is 15.4 Å². The van der Waals surface area contributed by atoms with Crippen LogP contribution in [0.25, 0.3) is 0 Å². The molecule has 0 aromatic heterocycles. The molecular formula is C23H28N4O5S. The van der Waals surface area contributed by atoms with Crippen molar-refractivity contribution in [2.24, 2.45) is 0 Å². The van der Waals surface area contributed by atoms with Crippen molar-refractivity contribution in [3.8, 4) is 5.75 Å². The number of carbonyl (C=O) groups is 2. The third kappa shape index (κ3) is 5.82. The van der Waals surface area contributed by atoms with Crippen LogP contribution in [-0.4, -0.2) is 57.5 Å². The molecule has 4 rings (SSSR count). The van der Waals surface area contributed by atoms with E-state index in [4.69, 9.17) is 4.74 Å². The predicted molar refractivity (Wildman–Crippen MR) is 124 cm³/mol. The molecule has 2 aromatic rings. The number of hydrogen-bond acceptors (Lipinski definition) is 5. The highest BCUT2D eigenvalue weighted by atomic mass is 32.2. The van der Waals surface area contributed by atoms with Crippen LogP contribution in [0, 0.1) is 0 Å². The van der Waals surface area contributed by atoms with Gasteiger partial charge in [0, 0.05) is 36.4 Å². The molecule has 33 heavy (non-hydrogen) atoms. The van der Waals surface area contributed by atoms with E-state index in [0.717, 1.165) is 18.5 Å². The molecule has 176 valence electrons. The molecule has 10 heteroatoms. The van der Waals surface area contributed by atoms with E-state index in [1.807, 2.05) is 30.3 Å². The van der Waals surface area contributed by atoms with Crippen LogP contribution in [-0.2, 0) is 10.0 Å². The first-order valence-electron chi connectivity index (χ1n) is 11.0. The van der Waals surface area contributed by atoms with Crippen LogP contribution >= 0.6 is 0 Å². The van der Waals surface area contributed by atoms with Crippen LogP contribution in [0.2, 0.25) is 0 Å². The highest BCUT2D eigenvalue weighted by Gasteiger charge is 2.31. The summed E-state index contributed by atoms with van der Waals surface area (Å²) in [7, 11) is -2.38. The number of rotatable bonds is 7. The number of sulfonamides is 1. The van der Waals surface area contributed by atoms with Crippen LogP contribution in [0.5, 0.6) is 5.75 Å². The fourth-order valence-electron chi connectivity index (χ4n) is 3.73. The average Bonchev–Trinajstić information content (AvgIpc) is 3.63. The van der Waals surface area contributed by atoms with Crippen molar-refractivity contribution in [1.82, 2.24) is 14.9 Å². The van der Waals surface area contributed by atoms with Crippen LogP contribution in [0.15, 0.2) is 53.4 Å². The summed E-state index contributed by atoms with van der Waals surface area (Å²) in [6.07, 6.45) is 2.84. The number of nitrogens with one attached hydrogen (secondary N) is 3.